The average Bonchev–Trinajstić information content (AvgIpc) is 3.35. The number of carbonyl (C=O) groups is 2. The second-order valence-electron chi connectivity index (χ2n) is 11.5. The molecule has 1 aromatic rings. The van der Waals surface area contributed by atoms with Gasteiger partial charge in [0.05, 0.1) is 24.7 Å². The van der Waals surface area contributed by atoms with Crippen LogP contribution in [-0.2, 0) is 20.4 Å². The minimum atomic E-state index is -1.94. The average molecular weight is 446 g/mol. The molecule has 31 heavy (non-hydrogen) atoms. The zero-order valence-electron chi connectivity index (χ0n) is 20.3. The van der Waals surface area contributed by atoms with Gasteiger partial charge in [0, 0.05) is 5.54 Å². The van der Waals surface area contributed by atoms with Crippen LogP contribution in [0.1, 0.15) is 47.1 Å². The lowest BCUT2D eigenvalue weighted by Crippen LogP contribution is -2.61. The van der Waals surface area contributed by atoms with Crippen molar-refractivity contribution >= 4 is 20.1 Å². The van der Waals surface area contributed by atoms with Crippen molar-refractivity contribution in [2.45, 2.75) is 95.8 Å². The number of hydrogen-bond donors (Lipinski definition) is 2. The van der Waals surface area contributed by atoms with Gasteiger partial charge in [0.25, 0.3) is 0 Å². The third-order valence-corrected chi connectivity index (χ3v) is 11.2. The lowest BCUT2D eigenvalue weighted by molar-refractivity contribution is -0.133. The quantitative estimate of drug-likeness (QED) is 0.521. The summed E-state index contributed by atoms with van der Waals surface area (Å²) in [6.07, 6.45) is 0.567. The van der Waals surface area contributed by atoms with E-state index in [1.54, 1.807) is 0 Å². The Balaban J connectivity index is 1.77. The first-order chi connectivity index (χ1) is 14.2. The fraction of sp³-hybridized carbons (Fsp3) is 0.667. The Morgan fingerprint density at radius 2 is 1.74 bits per heavy atom. The molecule has 4 atom stereocenters. The van der Waals surface area contributed by atoms with Crippen LogP contribution in [0, 0.1) is 0 Å². The standard InChI is InChI=1S/C24H39N3O3Si/c1-23(2,3)26-21(28)19-20-18(15-30-31(7,8)24(4,5)6)27(20)22(29)17(25-19)14-16-12-10-9-11-13-16/h9-13,17-20,25H,14-15H2,1-8H3,(H,26,28)/t17-,18-,19-,20-,27?/m1/s1. The molecular weight excluding hydrogens is 406 g/mol. The van der Waals surface area contributed by atoms with E-state index in [-0.39, 0.29) is 34.5 Å². The van der Waals surface area contributed by atoms with Gasteiger partial charge in [-0.1, -0.05) is 51.1 Å². The van der Waals surface area contributed by atoms with E-state index in [0.29, 0.717) is 13.0 Å². The molecule has 172 valence electrons. The summed E-state index contributed by atoms with van der Waals surface area (Å²) < 4.78 is 6.43. The van der Waals surface area contributed by atoms with E-state index < -0.39 is 20.4 Å². The van der Waals surface area contributed by atoms with E-state index in [1.807, 2.05) is 56.0 Å². The third kappa shape index (κ3) is 5.38. The van der Waals surface area contributed by atoms with Crippen LogP contribution >= 0.6 is 0 Å². The highest BCUT2D eigenvalue weighted by Gasteiger charge is 2.62. The van der Waals surface area contributed by atoms with E-state index in [1.165, 1.54) is 0 Å². The number of carbonyl (C=O) groups excluding carboxylic acids is 2. The number of nitrogens with zero attached hydrogens (tertiary/aromatic N) is 1. The molecule has 7 heteroatoms. The normalized spacial score (nSPS) is 26.5. The van der Waals surface area contributed by atoms with Crippen molar-refractivity contribution in [3.05, 3.63) is 35.9 Å². The van der Waals surface area contributed by atoms with E-state index >= 15 is 0 Å². The maximum Gasteiger partial charge on any atom is 0.240 e. The minimum absolute atomic E-state index is 0.0504. The number of rotatable bonds is 6. The van der Waals surface area contributed by atoms with Crippen molar-refractivity contribution in [2.75, 3.05) is 6.61 Å². The molecule has 0 unspecified atom stereocenters. The van der Waals surface area contributed by atoms with Crippen LogP contribution in [0.2, 0.25) is 18.1 Å². The molecule has 2 heterocycles. The number of amides is 2. The molecular formula is C24H39N3O3Si. The molecule has 1 aromatic carbocycles. The Morgan fingerprint density at radius 3 is 2.29 bits per heavy atom. The minimum Gasteiger partial charge on any atom is -0.415 e. The number of nitrogens with one attached hydrogen (secondary N) is 2. The number of benzene rings is 1. The van der Waals surface area contributed by atoms with Gasteiger partial charge in [-0.3, -0.25) is 14.9 Å². The summed E-state index contributed by atoms with van der Waals surface area (Å²) in [5.74, 6) is 0.0142. The monoisotopic (exact) mass is 445 g/mol. The van der Waals surface area contributed by atoms with Gasteiger partial charge in [0.1, 0.15) is 6.04 Å². The van der Waals surface area contributed by atoms with Crippen LogP contribution in [0.3, 0.4) is 0 Å². The van der Waals surface area contributed by atoms with Gasteiger partial charge < -0.3 is 14.6 Å². The first kappa shape index (κ1) is 23.9. The maximum atomic E-state index is 13.2. The summed E-state index contributed by atoms with van der Waals surface area (Å²) in [5.41, 5.74) is 0.750. The highest BCUT2D eigenvalue weighted by Crippen LogP contribution is 2.40. The van der Waals surface area contributed by atoms with Crippen molar-refractivity contribution < 1.29 is 14.0 Å². The molecule has 0 aliphatic carbocycles. The lowest BCUT2D eigenvalue weighted by atomic mass is 10.00. The summed E-state index contributed by atoms with van der Waals surface area (Å²) in [5, 5.41) is 6.57. The van der Waals surface area contributed by atoms with Gasteiger partial charge in [-0.15, -0.1) is 0 Å². The van der Waals surface area contributed by atoms with Crippen molar-refractivity contribution in [3.8, 4) is 0 Å². The van der Waals surface area contributed by atoms with Gasteiger partial charge in [-0.05, 0) is 50.9 Å². The SMILES string of the molecule is CC(C)(C)NC(=O)[C@@H]1N[C@H](Cc2ccccc2)C(=O)N2[C@@H]1[C@H]2CO[Si](C)(C)C(C)(C)C. The molecule has 0 radical (unpaired) electrons. The predicted molar refractivity (Wildman–Crippen MR) is 126 cm³/mol. The molecule has 0 bridgehead atoms. The van der Waals surface area contributed by atoms with Gasteiger partial charge in [0.15, 0.2) is 8.32 Å². The first-order valence-corrected chi connectivity index (χ1v) is 14.2. The van der Waals surface area contributed by atoms with Crippen molar-refractivity contribution in [2.24, 2.45) is 0 Å². The Morgan fingerprint density at radius 1 is 1.13 bits per heavy atom. The zero-order chi connectivity index (χ0) is 23.2. The molecule has 2 fully saturated rings. The number of hydrogen-bond acceptors (Lipinski definition) is 4. The molecule has 3 rings (SSSR count). The summed E-state index contributed by atoms with van der Waals surface area (Å²) in [6.45, 7) is 17.5. The maximum absolute atomic E-state index is 13.2. The molecule has 2 N–H and O–H groups in total. The van der Waals surface area contributed by atoms with Gasteiger partial charge >= 0.3 is 0 Å². The molecule has 6 nitrogen and oxygen atoms in total. The molecule has 2 aliphatic rings. The van der Waals surface area contributed by atoms with Crippen molar-refractivity contribution in [1.82, 2.24) is 15.5 Å². The summed E-state index contributed by atoms with van der Waals surface area (Å²) >= 11 is 0. The summed E-state index contributed by atoms with van der Waals surface area (Å²) in [6, 6.07) is 8.92. The fourth-order valence-electron chi connectivity index (χ4n) is 3.92. The van der Waals surface area contributed by atoms with E-state index in [0.717, 1.165) is 5.56 Å². The molecule has 2 aliphatic heterocycles. The van der Waals surface area contributed by atoms with Crippen LogP contribution in [0.25, 0.3) is 0 Å². The largest absolute Gasteiger partial charge is 0.415 e. The number of fused-ring (bicyclic) bond motifs is 1. The molecule has 0 saturated carbocycles. The Labute approximate surface area is 188 Å². The van der Waals surface area contributed by atoms with E-state index in [9.17, 15) is 9.59 Å². The third-order valence-electron chi connectivity index (χ3n) is 6.74. The van der Waals surface area contributed by atoms with Crippen LogP contribution in [0.4, 0.5) is 0 Å². The Bertz CT molecular complexity index is 814. The molecule has 0 aromatic heterocycles. The Kier molecular flexibility index (Phi) is 6.44. The van der Waals surface area contributed by atoms with Gasteiger partial charge in [-0.25, -0.2) is 0 Å². The Hall–Kier alpha value is -1.70. The van der Waals surface area contributed by atoms with Crippen molar-refractivity contribution in [1.29, 1.82) is 0 Å². The highest BCUT2D eigenvalue weighted by atomic mass is 28.4. The second kappa shape index (κ2) is 8.33. The highest BCUT2D eigenvalue weighted by molar-refractivity contribution is 6.74. The first-order valence-electron chi connectivity index (χ1n) is 11.3. The number of piperazine rings is 1. The smallest absolute Gasteiger partial charge is 0.240 e. The second-order valence-corrected chi connectivity index (χ2v) is 16.3. The van der Waals surface area contributed by atoms with Crippen LogP contribution < -0.4 is 10.6 Å². The van der Waals surface area contributed by atoms with Crippen LogP contribution in [0.15, 0.2) is 30.3 Å². The van der Waals surface area contributed by atoms with Gasteiger partial charge in [-0.2, -0.15) is 0 Å². The molecule has 2 saturated heterocycles. The van der Waals surface area contributed by atoms with Crippen LogP contribution in [-0.4, -0.2) is 61.3 Å². The van der Waals surface area contributed by atoms with E-state index in [4.69, 9.17) is 4.43 Å². The molecule has 2 amide bonds. The fourth-order valence-corrected chi connectivity index (χ4v) is 4.94. The van der Waals surface area contributed by atoms with Crippen molar-refractivity contribution in [3.63, 3.8) is 0 Å². The van der Waals surface area contributed by atoms with E-state index in [2.05, 4.69) is 44.5 Å². The predicted octanol–water partition coefficient (Wildman–Crippen LogP) is 3.09. The summed E-state index contributed by atoms with van der Waals surface area (Å²) in [4.78, 5) is 28.2. The summed E-state index contributed by atoms with van der Waals surface area (Å²) in [7, 11) is -1.94. The lowest BCUT2D eigenvalue weighted by Gasteiger charge is -2.36. The molecule has 0 spiro atoms. The van der Waals surface area contributed by atoms with Crippen LogP contribution in [0.5, 0.6) is 0 Å². The van der Waals surface area contributed by atoms with Gasteiger partial charge in [0.2, 0.25) is 11.8 Å². The topological polar surface area (TPSA) is 70.4 Å². The zero-order valence-corrected chi connectivity index (χ0v) is 21.3.